The predicted molar refractivity (Wildman–Crippen MR) is 106 cm³/mol. The second-order valence-corrected chi connectivity index (χ2v) is 7.60. The Bertz CT molecular complexity index is 793. The highest BCUT2D eigenvalue weighted by Crippen LogP contribution is 2.18. The van der Waals surface area contributed by atoms with Crippen LogP contribution in [0.15, 0.2) is 24.3 Å². The molecule has 0 saturated carbocycles. The molecule has 0 radical (unpaired) electrons. The van der Waals surface area contributed by atoms with E-state index in [2.05, 4.69) is 10.4 Å². The minimum absolute atomic E-state index is 0.0641. The Labute approximate surface area is 165 Å². The van der Waals surface area contributed by atoms with E-state index in [1.807, 2.05) is 57.0 Å². The summed E-state index contributed by atoms with van der Waals surface area (Å²) in [6, 6.07) is 7.77. The number of hydrogen-bond acceptors (Lipinski definition) is 4. The SMILES string of the molecule is Cc1nn(C)c(Cl)c1CNCc1ccc(C(=O)N2CC(C)OC(C)C2)cc1. The summed E-state index contributed by atoms with van der Waals surface area (Å²) in [5, 5.41) is 8.36. The Morgan fingerprint density at radius 2 is 1.85 bits per heavy atom. The van der Waals surface area contributed by atoms with Crippen LogP contribution in [0.2, 0.25) is 5.15 Å². The fourth-order valence-electron chi connectivity index (χ4n) is 3.50. The van der Waals surface area contributed by atoms with Crippen LogP contribution in [0.25, 0.3) is 0 Å². The maximum absolute atomic E-state index is 12.7. The van der Waals surface area contributed by atoms with E-state index >= 15 is 0 Å². The molecule has 1 aromatic heterocycles. The molecule has 7 heteroatoms. The monoisotopic (exact) mass is 390 g/mol. The summed E-state index contributed by atoms with van der Waals surface area (Å²) >= 11 is 6.26. The summed E-state index contributed by atoms with van der Waals surface area (Å²) < 4.78 is 7.39. The quantitative estimate of drug-likeness (QED) is 0.852. The molecule has 1 amide bonds. The number of morpholine rings is 1. The van der Waals surface area contributed by atoms with Crippen LogP contribution in [0, 0.1) is 6.92 Å². The molecule has 0 spiro atoms. The van der Waals surface area contributed by atoms with Gasteiger partial charge in [0, 0.05) is 44.4 Å². The van der Waals surface area contributed by atoms with E-state index in [0.29, 0.717) is 36.9 Å². The van der Waals surface area contributed by atoms with Gasteiger partial charge < -0.3 is 15.0 Å². The van der Waals surface area contributed by atoms with Crippen LogP contribution < -0.4 is 5.32 Å². The Balaban J connectivity index is 1.56. The number of ether oxygens (including phenoxy) is 1. The summed E-state index contributed by atoms with van der Waals surface area (Å²) in [5.74, 6) is 0.0641. The first-order valence-corrected chi connectivity index (χ1v) is 9.65. The van der Waals surface area contributed by atoms with Crippen molar-refractivity contribution in [3.8, 4) is 0 Å². The molecule has 1 aliphatic heterocycles. The fraction of sp³-hybridized carbons (Fsp3) is 0.500. The van der Waals surface area contributed by atoms with Crippen molar-refractivity contribution < 1.29 is 9.53 Å². The highest BCUT2D eigenvalue weighted by Gasteiger charge is 2.26. The minimum Gasteiger partial charge on any atom is -0.372 e. The lowest BCUT2D eigenvalue weighted by Gasteiger charge is -2.35. The van der Waals surface area contributed by atoms with Gasteiger partial charge in [-0.1, -0.05) is 23.7 Å². The van der Waals surface area contributed by atoms with Crippen molar-refractivity contribution in [2.24, 2.45) is 7.05 Å². The summed E-state index contributed by atoms with van der Waals surface area (Å²) in [6.45, 7) is 8.58. The molecule has 2 aromatic rings. The topological polar surface area (TPSA) is 59.4 Å². The van der Waals surface area contributed by atoms with E-state index in [4.69, 9.17) is 16.3 Å². The zero-order valence-electron chi connectivity index (χ0n) is 16.3. The number of nitrogens with one attached hydrogen (secondary N) is 1. The Morgan fingerprint density at radius 1 is 1.22 bits per heavy atom. The summed E-state index contributed by atoms with van der Waals surface area (Å²) in [7, 11) is 1.84. The molecule has 1 aromatic carbocycles. The number of amides is 1. The van der Waals surface area contributed by atoms with Gasteiger partial charge in [-0.05, 0) is 38.5 Å². The van der Waals surface area contributed by atoms with Gasteiger partial charge >= 0.3 is 0 Å². The van der Waals surface area contributed by atoms with Crippen LogP contribution >= 0.6 is 11.6 Å². The highest BCUT2D eigenvalue weighted by molar-refractivity contribution is 6.30. The number of aromatic nitrogens is 2. The van der Waals surface area contributed by atoms with Gasteiger partial charge in [-0.3, -0.25) is 9.48 Å². The number of carbonyl (C=O) groups excluding carboxylic acids is 1. The van der Waals surface area contributed by atoms with E-state index in [0.717, 1.165) is 16.8 Å². The standard InChI is InChI=1S/C20H27ClN4O2/c1-13-11-25(12-14(2)27-13)20(26)17-7-5-16(6-8-17)9-22-10-18-15(3)23-24(4)19(18)21/h5-8,13-14,22H,9-12H2,1-4H3. The van der Waals surface area contributed by atoms with E-state index in [1.54, 1.807) is 4.68 Å². The predicted octanol–water partition coefficient (Wildman–Crippen LogP) is 2.92. The third-order valence-electron chi connectivity index (χ3n) is 4.81. The van der Waals surface area contributed by atoms with E-state index in [9.17, 15) is 4.79 Å². The molecule has 0 aliphatic carbocycles. The summed E-state index contributed by atoms with van der Waals surface area (Å²) in [5.41, 5.74) is 3.78. The number of aryl methyl sites for hydroxylation is 2. The number of carbonyl (C=O) groups is 1. The number of hydrogen-bond donors (Lipinski definition) is 1. The Kier molecular flexibility index (Phi) is 6.19. The molecule has 0 bridgehead atoms. The maximum Gasteiger partial charge on any atom is 0.254 e. The first kappa shape index (κ1) is 19.9. The molecule has 27 heavy (non-hydrogen) atoms. The fourth-order valence-corrected chi connectivity index (χ4v) is 3.74. The molecule has 1 aliphatic rings. The van der Waals surface area contributed by atoms with Crippen LogP contribution in [0.1, 0.15) is 41.0 Å². The maximum atomic E-state index is 12.7. The lowest BCUT2D eigenvalue weighted by molar-refractivity contribution is -0.0586. The van der Waals surface area contributed by atoms with Crippen molar-refractivity contribution in [3.05, 3.63) is 51.8 Å². The molecule has 1 N–H and O–H groups in total. The second-order valence-electron chi connectivity index (χ2n) is 7.25. The van der Waals surface area contributed by atoms with Crippen molar-refractivity contribution in [1.82, 2.24) is 20.0 Å². The number of nitrogens with zero attached hydrogens (tertiary/aromatic N) is 3. The van der Waals surface area contributed by atoms with Crippen molar-refractivity contribution in [2.75, 3.05) is 13.1 Å². The van der Waals surface area contributed by atoms with Gasteiger partial charge in [0.05, 0.1) is 17.9 Å². The first-order chi connectivity index (χ1) is 12.8. The average Bonchev–Trinajstić information content (AvgIpc) is 2.87. The van der Waals surface area contributed by atoms with Crippen molar-refractivity contribution in [2.45, 2.75) is 46.1 Å². The van der Waals surface area contributed by atoms with Crippen LogP contribution in [-0.4, -0.2) is 45.9 Å². The largest absolute Gasteiger partial charge is 0.372 e. The smallest absolute Gasteiger partial charge is 0.254 e. The summed E-state index contributed by atoms with van der Waals surface area (Å²) in [4.78, 5) is 14.6. The van der Waals surface area contributed by atoms with Gasteiger partial charge in [0.1, 0.15) is 5.15 Å². The molecular formula is C20H27ClN4O2. The molecule has 3 rings (SSSR count). The van der Waals surface area contributed by atoms with Gasteiger partial charge in [0.25, 0.3) is 5.91 Å². The molecule has 6 nitrogen and oxygen atoms in total. The molecule has 2 heterocycles. The lowest BCUT2D eigenvalue weighted by Crippen LogP contribution is -2.48. The van der Waals surface area contributed by atoms with Crippen LogP contribution in [0.4, 0.5) is 0 Å². The molecule has 2 unspecified atom stereocenters. The highest BCUT2D eigenvalue weighted by atomic mass is 35.5. The third kappa shape index (κ3) is 4.69. The lowest BCUT2D eigenvalue weighted by atomic mass is 10.1. The zero-order valence-corrected chi connectivity index (χ0v) is 17.1. The van der Waals surface area contributed by atoms with Crippen LogP contribution in [0.5, 0.6) is 0 Å². The third-order valence-corrected chi connectivity index (χ3v) is 5.28. The van der Waals surface area contributed by atoms with Crippen molar-refractivity contribution in [3.63, 3.8) is 0 Å². The van der Waals surface area contributed by atoms with Crippen LogP contribution in [0.3, 0.4) is 0 Å². The average molecular weight is 391 g/mol. The molecular weight excluding hydrogens is 364 g/mol. The van der Waals surface area contributed by atoms with Gasteiger partial charge in [0.2, 0.25) is 0 Å². The molecule has 146 valence electrons. The summed E-state index contributed by atoms with van der Waals surface area (Å²) in [6.07, 6.45) is 0.146. The Hall–Kier alpha value is -1.89. The number of halogens is 1. The Morgan fingerprint density at radius 3 is 2.41 bits per heavy atom. The van der Waals surface area contributed by atoms with E-state index in [1.165, 1.54) is 0 Å². The van der Waals surface area contributed by atoms with Crippen molar-refractivity contribution >= 4 is 17.5 Å². The van der Waals surface area contributed by atoms with Gasteiger partial charge in [0.15, 0.2) is 0 Å². The second kappa shape index (κ2) is 8.42. The molecule has 1 saturated heterocycles. The van der Waals surface area contributed by atoms with Gasteiger partial charge in [-0.2, -0.15) is 5.10 Å². The minimum atomic E-state index is 0.0641. The first-order valence-electron chi connectivity index (χ1n) is 9.27. The van der Waals surface area contributed by atoms with Gasteiger partial charge in [-0.25, -0.2) is 0 Å². The molecule has 2 atom stereocenters. The van der Waals surface area contributed by atoms with Crippen molar-refractivity contribution in [1.29, 1.82) is 0 Å². The number of benzene rings is 1. The zero-order chi connectivity index (χ0) is 19.6. The van der Waals surface area contributed by atoms with Gasteiger partial charge in [-0.15, -0.1) is 0 Å². The van der Waals surface area contributed by atoms with E-state index in [-0.39, 0.29) is 18.1 Å². The van der Waals surface area contributed by atoms with E-state index < -0.39 is 0 Å². The molecule has 1 fully saturated rings. The van der Waals surface area contributed by atoms with Crippen LogP contribution in [-0.2, 0) is 24.9 Å². The number of rotatable bonds is 5. The normalized spacial score (nSPS) is 20.1.